The van der Waals surface area contributed by atoms with Crippen LogP contribution in [0.15, 0.2) is 29.4 Å². The van der Waals surface area contributed by atoms with Gasteiger partial charge in [0.2, 0.25) is 0 Å². The van der Waals surface area contributed by atoms with Gasteiger partial charge in [0.1, 0.15) is 0 Å². The van der Waals surface area contributed by atoms with Crippen molar-refractivity contribution in [3.05, 3.63) is 39.9 Å². The van der Waals surface area contributed by atoms with Gasteiger partial charge in [-0.15, -0.1) is 0 Å². The molecule has 0 amide bonds. The van der Waals surface area contributed by atoms with E-state index in [1.54, 1.807) is 30.4 Å². The van der Waals surface area contributed by atoms with Gasteiger partial charge in [0.25, 0.3) is 0 Å². The van der Waals surface area contributed by atoms with Gasteiger partial charge in [-0.3, -0.25) is 0 Å². The summed E-state index contributed by atoms with van der Waals surface area (Å²) in [5.74, 6) is 0. The molecule has 0 spiro atoms. The van der Waals surface area contributed by atoms with Crippen molar-refractivity contribution in [1.29, 1.82) is 0 Å². The molecular formula is C15H19Cl2NO. The van der Waals surface area contributed by atoms with Gasteiger partial charge < -0.3 is 5.21 Å². The van der Waals surface area contributed by atoms with Crippen molar-refractivity contribution < 1.29 is 5.21 Å². The molecule has 1 aromatic rings. The number of hydrogen-bond acceptors (Lipinski definition) is 2. The lowest BCUT2D eigenvalue weighted by Gasteiger charge is -2.02. The molecule has 1 rings (SSSR count). The normalized spacial score (nSPS) is 12.3. The first-order chi connectivity index (χ1) is 9.19. The molecule has 0 radical (unpaired) electrons. The van der Waals surface area contributed by atoms with E-state index in [1.807, 2.05) is 0 Å². The molecule has 0 aliphatic rings. The zero-order valence-corrected chi connectivity index (χ0v) is 12.6. The zero-order chi connectivity index (χ0) is 14.1. The fourth-order valence-electron chi connectivity index (χ4n) is 1.75. The molecule has 0 heterocycles. The van der Waals surface area contributed by atoms with Crippen molar-refractivity contribution in [3.63, 3.8) is 0 Å². The first kappa shape index (κ1) is 16.1. The maximum Gasteiger partial charge on any atom is 0.0795 e. The van der Waals surface area contributed by atoms with Gasteiger partial charge in [-0.05, 0) is 31.1 Å². The van der Waals surface area contributed by atoms with Crippen molar-refractivity contribution >= 4 is 35.0 Å². The Bertz CT molecular complexity index is 435. The highest BCUT2D eigenvalue weighted by Gasteiger charge is 2.02. The van der Waals surface area contributed by atoms with Crippen LogP contribution in [0.5, 0.6) is 0 Å². The highest BCUT2D eigenvalue weighted by atomic mass is 35.5. The molecule has 4 heteroatoms. The molecule has 0 aliphatic carbocycles. The summed E-state index contributed by atoms with van der Waals surface area (Å²) in [4.78, 5) is 0. The molecule has 0 fully saturated rings. The molecule has 104 valence electrons. The Morgan fingerprint density at radius 3 is 2.47 bits per heavy atom. The van der Waals surface area contributed by atoms with Crippen LogP contribution in [-0.4, -0.2) is 10.9 Å². The van der Waals surface area contributed by atoms with Gasteiger partial charge in [-0.2, -0.15) is 0 Å². The number of rotatable bonds is 7. The molecule has 19 heavy (non-hydrogen) atoms. The maximum atomic E-state index is 8.97. The van der Waals surface area contributed by atoms with Crippen molar-refractivity contribution in [2.45, 2.75) is 39.0 Å². The fraction of sp³-hybridized carbons (Fsp3) is 0.400. The third kappa shape index (κ3) is 5.66. The van der Waals surface area contributed by atoms with Crippen LogP contribution >= 0.6 is 23.2 Å². The van der Waals surface area contributed by atoms with Crippen LogP contribution in [0, 0.1) is 0 Å². The quantitative estimate of drug-likeness (QED) is 0.293. The largest absolute Gasteiger partial charge is 0.411 e. The predicted octanol–water partition coefficient (Wildman–Crippen LogP) is 5.81. The molecule has 1 aromatic carbocycles. The number of oxime groups is 1. The smallest absolute Gasteiger partial charge is 0.0795 e. The fourth-order valence-corrected chi connectivity index (χ4v) is 2.27. The minimum Gasteiger partial charge on any atom is -0.411 e. The first-order valence-corrected chi connectivity index (χ1v) is 7.27. The van der Waals surface area contributed by atoms with Crippen LogP contribution in [0.3, 0.4) is 0 Å². The summed E-state index contributed by atoms with van der Waals surface area (Å²) in [5.41, 5.74) is 1.40. The summed E-state index contributed by atoms with van der Waals surface area (Å²) in [7, 11) is 0. The van der Waals surface area contributed by atoms with Crippen LogP contribution < -0.4 is 0 Å². The standard InChI is InChI=1S/C15H19Cl2NO/c1-2-3-4-5-7-12(18-19)10-11-13-14(16)8-6-9-15(13)17/h6,8-11,19H,2-5,7H2,1H3. The van der Waals surface area contributed by atoms with Crippen LogP contribution in [-0.2, 0) is 0 Å². The maximum absolute atomic E-state index is 8.97. The van der Waals surface area contributed by atoms with E-state index in [0.29, 0.717) is 15.8 Å². The number of hydrogen-bond donors (Lipinski definition) is 1. The molecule has 0 saturated heterocycles. The summed E-state index contributed by atoms with van der Waals surface area (Å²) in [6, 6.07) is 5.36. The highest BCUT2D eigenvalue weighted by molar-refractivity contribution is 6.37. The third-order valence-corrected chi connectivity index (χ3v) is 3.52. The van der Waals surface area contributed by atoms with E-state index in [0.717, 1.165) is 24.8 Å². The third-order valence-electron chi connectivity index (χ3n) is 2.86. The van der Waals surface area contributed by atoms with Crippen LogP contribution in [0.2, 0.25) is 10.0 Å². The average molecular weight is 300 g/mol. The van der Waals surface area contributed by atoms with E-state index in [9.17, 15) is 0 Å². The second kappa shape index (κ2) is 9.00. The van der Waals surface area contributed by atoms with Crippen molar-refractivity contribution in [2.24, 2.45) is 5.16 Å². The van der Waals surface area contributed by atoms with Gasteiger partial charge in [0.15, 0.2) is 0 Å². The van der Waals surface area contributed by atoms with E-state index in [2.05, 4.69) is 12.1 Å². The molecule has 0 aromatic heterocycles. The molecule has 1 N–H and O–H groups in total. The lowest BCUT2D eigenvalue weighted by Crippen LogP contribution is -1.94. The summed E-state index contributed by atoms with van der Waals surface area (Å²) in [5, 5.41) is 13.5. The van der Waals surface area contributed by atoms with E-state index in [4.69, 9.17) is 28.4 Å². The summed E-state index contributed by atoms with van der Waals surface area (Å²) in [6.45, 7) is 2.17. The van der Waals surface area contributed by atoms with E-state index < -0.39 is 0 Å². The number of halogens is 2. The molecule has 0 unspecified atom stereocenters. The minimum atomic E-state index is 0.590. The Morgan fingerprint density at radius 1 is 1.21 bits per heavy atom. The van der Waals surface area contributed by atoms with Crippen molar-refractivity contribution in [2.75, 3.05) is 0 Å². The van der Waals surface area contributed by atoms with Crippen LogP contribution in [0.4, 0.5) is 0 Å². The van der Waals surface area contributed by atoms with Crippen molar-refractivity contribution in [3.8, 4) is 0 Å². The Kier molecular flexibility index (Phi) is 7.61. The monoisotopic (exact) mass is 299 g/mol. The number of benzene rings is 1. The first-order valence-electron chi connectivity index (χ1n) is 6.52. The molecule has 0 saturated carbocycles. The molecule has 2 nitrogen and oxygen atoms in total. The van der Waals surface area contributed by atoms with Gasteiger partial charge in [-0.1, -0.05) is 66.7 Å². The van der Waals surface area contributed by atoms with Gasteiger partial charge in [-0.25, -0.2) is 0 Å². The summed E-state index contributed by atoms with van der Waals surface area (Å²) in [6.07, 6.45) is 8.88. The van der Waals surface area contributed by atoms with Gasteiger partial charge >= 0.3 is 0 Å². The van der Waals surface area contributed by atoms with E-state index in [1.165, 1.54) is 12.8 Å². The highest BCUT2D eigenvalue weighted by Crippen LogP contribution is 2.25. The molecule has 0 aliphatic heterocycles. The number of unbranched alkanes of at least 4 members (excludes halogenated alkanes) is 3. The van der Waals surface area contributed by atoms with Gasteiger partial charge in [0, 0.05) is 15.6 Å². The molecule has 0 bridgehead atoms. The van der Waals surface area contributed by atoms with E-state index in [-0.39, 0.29) is 0 Å². The second-order valence-corrected chi connectivity index (χ2v) is 5.19. The zero-order valence-electron chi connectivity index (χ0n) is 11.1. The number of allylic oxidation sites excluding steroid dienone is 1. The van der Waals surface area contributed by atoms with Crippen molar-refractivity contribution in [1.82, 2.24) is 0 Å². The Hall–Kier alpha value is -0.990. The lowest BCUT2D eigenvalue weighted by atomic mass is 10.1. The average Bonchev–Trinajstić information content (AvgIpc) is 2.40. The molecular weight excluding hydrogens is 281 g/mol. The Morgan fingerprint density at radius 2 is 1.89 bits per heavy atom. The lowest BCUT2D eigenvalue weighted by molar-refractivity contribution is 0.318. The predicted molar refractivity (Wildman–Crippen MR) is 83.5 cm³/mol. The van der Waals surface area contributed by atoms with Gasteiger partial charge in [0.05, 0.1) is 5.71 Å². The Labute approximate surface area is 124 Å². The Balaban J connectivity index is 2.63. The summed E-state index contributed by atoms with van der Waals surface area (Å²) < 4.78 is 0. The molecule has 0 atom stereocenters. The summed E-state index contributed by atoms with van der Waals surface area (Å²) >= 11 is 12.1. The minimum absolute atomic E-state index is 0.590. The SMILES string of the molecule is CCCCCCC(C=Cc1c(Cl)cccc1Cl)=NO. The number of nitrogens with zero attached hydrogens (tertiary/aromatic N) is 1. The topological polar surface area (TPSA) is 32.6 Å². The van der Waals surface area contributed by atoms with Crippen LogP contribution in [0.1, 0.15) is 44.6 Å². The van der Waals surface area contributed by atoms with E-state index >= 15 is 0 Å². The van der Waals surface area contributed by atoms with Crippen LogP contribution in [0.25, 0.3) is 6.08 Å². The second-order valence-electron chi connectivity index (χ2n) is 4.37.